The minimum Gasteiger partial charge on any atom is -0.397 e. The van der Waals surface area contributed by atoms with Crippen molar-refractivity contribution in [2.24, 2.45) is 0 Å². The van der Waals surface area contributed by atoms with E-state index in [0.29, 0.717) is 0 Å². The molecule has 0 radical (unpaired) electrons. The van der Waals surface area contributed by atoms with Gasteiger partial charge in [-0.2, -0.15) is 0 Å². The molecule has 18 heavy (non-hydrogen) atoms. The van der Waals surface area contributed by atoms with Gasteiger partial charge in [-0.25, -0.2) is 0 Å². The molecule has 0 bridgehead atoms. The SMILES string of the molecule is CN(C)c1ccc(Nc2cc(Br)ccc2N)cc1. The van der Waals surface area contributed by atoms with Crippen LogP contribution >= 0.6 is 15.9 Å². The summed E-state index contributed by atoms with van der Waals surface area (Å²) in [4.78, 5) is 2.07. The number of benzene rings is 2. The van der Waals surface area contributed by atoms with Gasteiger partial charge in [-0.3, -0.25) is 0 Å². The van der Waals surface area contributed by atoms with Gasteiger partial charge in [-0.15, -0.1) is 0 Å². The summed E-state index contributed by atoms with van der Waals surface area (Å²) < 4.78 is 1.00. The van der Waals surface area contributed by atoms with Crippen LogP contribution in [0.25, 0.3) is 0 Å². The first kappa shape index (κ1) is 12.8. The number of nitrogens with one attached hydrogen (secondary N) is 1. The summed E-state index contributed by atoms with van der Waals surface area (Å²) in [5.41, 5.74) is 9.75. The molecule has 0 saturated carbocycles. The van der Waals surface area contributed by atoms with Gasteiger partial charge in [-0.1, -0.05) is 15.9 Å². The van der Waals surface area contributed by atoms with Crippen molar-refractivity contribution in [3.63, 3.8) is 0 Å². The monoisotopic (exact) mass is 305 g/mol. The summed E-state index contributed by atoms with van der Waals surface area (Å²) >= 11 is 3.44. The second-order valence-corrected chi connectivity index (χ2v) is 5.21. The van der Waals surface area contributed by atoms with Gasteiger partial charge in [0, 0.05) is 29.9 Å². The molecule has 0 amide bonds. The van der Waals surface area contributed by atoms with Gasteiger partial charge in [0.1, 0.15) is 0 Å². The predicted octanol–water partition coefficient (Wildman–Crippen LogP) is 3.84. The first-order valence-corrected chi connectivity index (χ1v) is 6.45. The summed E-state index contributed by atoms with van der Waals surface area (Å²) in [6, 6.07) is 14.0. The standard InChI is InChI=1S/C14H16BrN3/c1-18(2)12-6-4-11(5-7-12)17-14-9-10(15)3-8-13(14)16/h3-9,17H,16H2,1-2H3. The molecule has 0 aliphatic carbocycles. The fraction of sp³-hybridized carbons (Fsp3) is 0.143. The lowest BCUT2D eigenvalue weighted by molar-refractivity contribution is 1.13. The van der Waals surface area contributed by atoms with Crippen LogP contribution in [0.3, 0.4) is 0 Å². The summed E-state index contributed by atoms with van der Waals surface area (Å²) in [7, 11) is 4.05. The molecule has 0 aromatic heterocycles. The summed E-state index contributed by atoms with van der Waals surface area (Å²) in [6.45, 7) is 0. The zero-order valence-electron chi connectivity index (χ0n) is 10.4. The van der Waals surface area contributed by atoms with Gasteiger partial charge in [0.05, 0.1) is 11.4 Å². The number of nitrogens with zero attached hydrogens (tertiary/aromatic N) is 1. The van der Waals surface area contributed by atoms with Crippen LogP contribution in [0.15, 0.2) is 46.9 Å². The minimum absolute atomic E-state index is 0.731. The average molecular weight is 306 g/mol. The molecule has 2 aromatic carbocycles. The van der Waals surface area contributed by atoms with Crippen LogP contribution in [-0.2, 0) is 0 Å². The lowest BCUT2D eigenvalue weighted by Crippen LogP contribution is -2.08. The van der Waals surface area contributed by atoms with Crippen LogP contribution in [-0.4, -0.2) is 14.1 Å². The quantitative estimate of drug-likeness (QED) is 0.847. The van der Waals surface area contributed by atoms with E-state index in [0.717, 1.165) is 21.5 Å². The molecule has 3 nitrogen and oxygen atoms in total. The van der Waals surface area contributed by atoms with Gasteiger partial charge in [-0.05, 0) is 42.5 Å². The van der Waals surface area contributed by atoms with Crippen molar-refractivity contribution in [1.82, 2.24) is 0 Å². The lowest BCUT2D eigenvalue weighted by Gasteiger charge is -2.14. The second-order valence-electron chi connectivity index (χ2n) is 4.30. The smallest absolute Gasteiger partial charge is 0.0629 e. The van der Waals surface area contributed by atoms with Crippen molar-refractivity contribution in [2.45, 2.75) is 0 Å². The van der Waals surface area contributed by atoms with Crippen molar-refractivity contribution in [2.75, 3.05) is 30.0 Å². The van der Waals surface area contributed by atoms with Gasteiger partial charge < -0.3 is 16.0 Å². The van der Waals surface area contributed by atoms with Crippen LogP contribution in [0.4, 0.5) is 22.7 Å². The highest BCUT2D eigenvalue weighted by Gasteiger charge is 2.01. The van der Waals surface area contributed by atoms with Crippen molar-refractivity contribution in [3.8, 4) is 0 Å². The summed E-state index contributed by atoms with van der Waals surface area (Å²) in [5.74, 6) is 0. The van der Waals surface area contributed by atoms with Crippen molar-refractivity contribution >= 4 is 38.7 Å². The Morgan fingerprint density at radius 3 is 2.33 bits per heavy atom. The Balaban J connectivity index is 2.21. The molecule has 2 aromatic rings. The third-order valence-corrected chi connectivity index (χ3v) is 3.17. The normalized spacial score (nSPS) is 10.2. The Morgan fingerprint density at radius 1 is 1.06 bits per heavy atom. The van der Waals surface area contributed by atoms with Gasteiger partial charge in [0.25, 0.3) is 0 Å². The molecule has 0 unspecified atom stereocenters. The largest absolute Gasteiger partial charge is 0.397 e. The molecule has 0 fully saturated rings. The topological polar surface area (TPSA) is 41.3 Å². The maximum Gasteiger partial charge on any atom is 0.0629 e. The molecule has 0 atom stereocenters. The number of halogens is 1. The first-order valence-electron chi connectivity index (χ1n) is 5.66. The molecule has 0 saturated heterocycles. The fourth-order valence-corrected chi connectivity index (χ4v) is 2.00. The van der Waals surface area contributed by atoms with E-state index in [-0.39, 0.29) is 0 Å². The molecular weight excluding hydrogens is 290 g/mol. The van der Waals surface area contributed by atoms with E-state index in [1.165, 1.54) is 5.69 Å². The zero-order valence-corrected chi connectivity index (χ0v) is 12.0. The zero-order chi connectivity index (χ0) is 13.1. The minimum atomic E-state index is 0.731. The molecule has 4 heteroatoms. The van der Waals surface area contributed by atoms with E-state index in [4.69, 9.17) is 5.73 Å². The van der Waals surface area contributed by atoms with Gasteiger partial charge >= 0.3 is 0 Å². The Bertz CT molecular complexity index is 535. The Labute approximate surface area is 116 Å². The van der Waals surface area contributed by atoms with Crippen molar-refractivity contribution < 1.29 is 0 Å². The van der Waals surface area contributed by atoms with Crippen molar-refractivity contribution in [1.29, 1.82) is 0 Å². The summed E-state index contributed by atoms with van der Waals surface area (Å²) in [5, 5.41) is 3.31. The highest BCUT2D eigenvalue weighted by molar-refractivity contribution is 9.10. The van der Waals surface area contributed by atoms with Gasteiger partial charge in [0.15, 0.2) is 0 Å². The second kappa shape index (κ2) is 5.31. The number of rotatable bonds is 3. The molecule has 0 spiro atoms. The van der Waals surface area contributed by atoms with E-state index in [1.54, 1.807) is 0 Å². The predicted molar refractivity (Wildman–Crippen MR) is 82.6 cm³/mol. The third kappa shape index (κ3) is 2.96. The maximum atomic E-state index is 5.92. The summed E-state index contributed by atoms with van der Waals surface area (Å²) in [6.07, 6.45) is 0. The first-order chi connectivity index (χ1) is 8.56. The van der Waals surface area contributed by atoms with Crippen LogP contribution < -0.4 is 16.0 Å². The van der Waals surface area contributed by atoms with E-state index in [2.05, 4.69) is 38.3 Å². The highest BCUT2D eigenvalue weighted by Crippen LogP contribution is 2.27. The van der Waals surface area contributed by atoms with Crippen LogP contribution in [0, 0.1) is 0 Å². The average Bonchev–Trinajstić information content (AvgIpc) is 2.34. The molecule has 0 heterocycles. The molecule has 0 aliphatic heterocycles. The molecule has 3 N–H and O–H groups in total. The third-order valence-electron chi connectivity index (χ3n) is 2.68. The number of nitrogens with two attached hydrogens (primary N) is 1. The van der Waals surface area contributed by atoms with Crippen molar-refractivity contribution in [3.05, 3.63) is 46.9 Å². The highest BCUT2D eigenvalue weighted by atomic mass is 79.9. The van der Waals surface area contributed by atoms with E-state index in [9.17, 15) is 0 Å². The number of hydrogen-bond donors (Lipinski definition) is 2. The van der Waals surface area contributed by atoms with Crippen LogP contribution in [0.5, 0.6) is 0 Å². The molecule has 2 rings (SSSR count). The molecule has 0 aliphatic rings. The number of nitrogen functional groups attached to an aromatic ring is 1. The van der Waals surface area contributed by atoms with Crippen LogP contribution in [0.1, 0.15) is 0 Å². The van der Waals surface area contributed by atoms with E-state index in [1.807, 2.05) is 44.4 Å². The number of anilines is 4. The molecular formula is C14H16BrN3. The fourth-order valence-electron chi connectivity index (χ4n) is 1.64. The molecule has 94 valence electrons. The van der Waals surface area contributed by atoms with Gasteiger partial charge in [0.2, 0.25) is 0 Å². The number of hydrogen-bond acceptors (Lipinski definition) is 3. The Morgan fingerprint density at radius 2 is 1.72 bits per heavy atom. The van der Waals surface area contributed by atoms with Crippen LogP contribution in [0.2, 0.25) is 0 Å². The maximum absolute atomic E-state index is 5.92. The van der Waals surface area contributed by atoms with E-state index < -0.39 is 0 Å². The lowest BCUT2D eigenvalue weighted by atomic mass is 10.2. The Kier molecular flexibility index (Phi) is 3.77. The Hall–Kier alpha value is -1.68. The van der Waals surface area contributed by atoms with E-state index >= 15 is 0 Å².